The van der Waals surface area contributed by atoms with Crippen LogP contribution in [0.3, 0.4) is 0 Å². The highest BCUT2D eigenvalue weighted by atomic mass is 32.2. The normalized spacial score (nSPS) is 14.3. The van der Waals surface area contributed by atoms with Crippen molar-refractivity contribution in [1.29, 1.82) is 0 Å². The summed E-state index contributed by atoms with van der Waals surface area (Å²) in [4.78, 5) is 21.6. The molecule has 2 rings (SSSR count). The Balaban J connectivity index is 2.31. The molecule has 9 heteroatoms. The Bertz CT molecular complexity index is 686. The van der Waals surface area contributed by atoms with Gasteiger partial charge in [0.2, 0.25) is 15.9 Å². The number of hydrogen-bond donors (Lipinski definition) is 3. The van der Waals surface area contributed by atoms with Gasteiger partial charge in [0, 0.05) is 12.1 Å². The number of fused-ring (bicyclic) bond motifs is 1. The summed E-state index contributed by atoms with van der Waals surface area (Å²) in [5.41, 5.74) is 0.478. The van der Waals surface area contributed by atoms with Crippen molar-refractivity contribution in [3.8, 4) is 0 Å². The number of carbonyl (C=O) groups is 2. The molecule has 0 aliphatic carbocycles. The fraction of sp³-hybridized carbons (Fsp3) is 0.273. The monoisotopic (exact) mass is 302 g/mol. The number of halogens is 1. The summed E-state index contributed by atoms with van der Waals surface area (Å²) >= 11 is 0. The van der Waals surface area contributed by atoms with Crippen molar-refractivity contribution < 1.29 is 27.5 Å². The van der Waals surface area contributed by atoms with E-state index >= 15 is 0 Å². The van der Waals surface area contributed by atoms with E-state index in [1.54, 1.807) is 0 Å². The molecule has 0 atom stereocenters. The molecule has 3 N–H and O–H groups in total. The molecule has 1 aliphatic heterocycles. The topological polar surface area (TPSA) is 113 Å². The molecule has 1 amide bonds. The lowest BCUT2D eigenvalue weighted by Gasteiger charge is -2.18. The van der Waals surface area contributed by atoms with Crippen LogP contribution in [0.4, 0.5) is 15.8 Å². The number of nitrogens with one attached hydrogen (secondary N) is 2. The summed E-state index contributed by atoms with van der Waals surface area (Å²) < 4.78 is 38.5. The van der Waals surface area contributed by atoms with Crippen LogP contribution in [0.2, 0.25) is 0 Å². The largest absolute Gasteiger partial charge is 0.480 e. The van der Waals surface area contributed by atoms with E-state index in [9.17, 15) is 22.4 Å². The van der Waals surface area contributed by atoms with Gasteiger partial charge in [-0.25, -0.2) is 12.8 Å². The van der Waals surface area contributed by atoms with E-state index in [0.29, 0.717) is 17.7 Å². The maximum Gasteiger partial charge on any atom is 0.320 e. The molecule has 0 saturated carbocycles. The van der Waals surface area contributed by atoms with Crippen molar-refractivity contribution in [2.45, 2.75) is 12.8 Å². The molecule has 20 heavy (non-hydrogen) atoms. The molecule has 0 bridgehead atoms. The number of amides is 1. The van der Waals surface area contributed by atoms with E-state index in [2.05, 4.69) is 5.32 Å². The lowest BCUT2D eigenvalue weighted by Crippen LogP contribution is -2.24. The third-order valence-electron chi connectivity index (χ3n) is 2.67. The summed E-state index contributed by atoms with van der Waals surface area (Å²) in [5.74, 6) is -3.79. The van der Waals surface area contributed by atoms with Gasteiger partial charge in [0.15, 0.2) is 5.75 Å². The second kappa shape index (κ2) is 5.08. The highest BCUT2D eigenvalue weighted by Crippen LogP contribution is 2.29. The molecule has 0 saturated heterocycles. The Morgan fingerprint density at radius 3 is 2.75 bits per heavy atom. The van der Waals surface area contributed by atoms with Crippen LogP contribution in [0.5, 0.6) is 0 Å². The van der Waals surface area contributed by atoms with E-state index < -0.39 is 33.3 Å². The smallest absolute Gasteiger partial charge is 0.320 e. The van der Waals surface area contributed by atoms with Gasteiger partial charge in [0.05, 0.1) is 5.69 Å². The number of carboxylic acids is 1. The van der Waals surface area contributed by atoms with Crippen molar-refractivity contribution in [2.75, 3.05) is 15.8 Å². The molecule has 0 aromatic heterocycles. The zero-order chi connectivity index (χ0) is 14.9. The van der Waals surface area contributed by atoms with E-state index in [1.807, 2.05) is 4.72 Å². The predicted octanol–water partition coefficient (Wildman–Crippen LogP) is 0.537. The maximum absolute atomic E-state index is 13.8. The van der Waals surface area contributed by atoms with Crippen LogP contribution in [-0.4, -0.2) is 31.2 Å². The second-order valence-electron chi connectivity index (χ2n) is 4.29. The van der Waals surface area contributed by atoms with E-state index in [0.717, 1.165) is 12.1 Å². The number of carboxylic acid groups (broad SMARTS) is 1. The molecule has 108 valence electrons. The molecule has 1 aliphatic rings. The van der Waals surface area contributed by atoms with E-state index in [1.165, 1.54) is 0 Å². The third kappa shape index (κ3) is 3.23. The van der Waals surface area contributed by atoms with Crippen LogP contribution in [-0.2, 0) is 26.0 Å². The summed E-state index contributed by atoms with van der Waals surface area (Å²) in [6.07, 6.45) is 0.594. The number of anilines is 2. The van der Waals surface area contributed by atoms with Gasteiger partial charge >= 0.3 is 5.97 Å². The van der Waals surface area contributed by atoms with Gasteiger partial charge in [-0.05, 0) is 24.1 Å². The minimum atomic E-state index is -4.20. The molecule has 1 heterocycles. The van der Waals surface area contributed by atoms with Gasteiger partial charge in [-0.1, -0.05) is 0 Å². The van der Waals surface area contributed by atoms with Crippen molar-refractivity contribution >= 4 is 33.3 Å². The van der Waals surface area contributed by atoms with Crippen molar-refractivity contribution in [3.05, 3.63) is 23.5 Å². The average Bonchev–Trinajstić information content (AvgIpc) is 2.28. The van der Waals surface area contributed by atoms with Crippen LogP contribution in [0, 0.1) is 5.82 Å². The Kier molecular flexibility index (Phi) is 3.62. The standard InChI is InChI=1S/C11H11FN2O5S/c12-7-3-6-1-2-10(15)13-8(6)4-9(7)14-20(18,19)5-11(16)17/h3-4,14H,1-2,5H2,(H,13,15)(H,16,17). The molecular formula is C11H11FN2O5S. The Morgan fingerprint density at radius 2 is 2.10 bits per heavy atom. The van der Waals surface area contributed by atoms with E-state index in [-0.39, 0.29) is 12.3 Å². The number of benzene rings is 1. The van der Waals surface area contributed by atoms with Crippen molar-refractivity contribution in [2.24, 2.45) is 0 Å². The lowest BCUT2D eigenvalue weighted by atomic mass is 10.0. The minimum absolute atomic E-state index is 0.233. The van der Waals surface area contributed by atoms with Crippen LogP contribution in [0.1, 0.15) is 12.0 Å². The van der Waals surface area contributed by atoms with Gasteiger partial charge in [0.25, 0.3) is 0 Å². The predicted molar refractivity (Wildman–Crippen MR) is 68.4 cm³/mol. The quantitative estimate of drug-likeness (QED) is 0.751. The summed E-state index contributed by atoms with van der Waals surface area (Å²) in [6.45, 7) is 0. The highest BCUT2D eigenvalue weighted by Gasteiger charge is 2.21. The van der Waals surface area contributed by atoms with Crippen LogP contribution in [0.25, 0.3) is 0 Å². The van der Waals surface area contributed by atoms with Gasteiger partial charge in [0.1, 0.15) is 5.82 Å². The molecule has 7 nitrogen and oxygen atoms in total. The Hall–Kier alpha value is -2.16. The van der Waals surface area contributed by atoms with Gasteiger partial charge < -0.3 is 10.4 Å². The minimum Gasteiger partial charge on any atom is -0.480 e. The fourth-order valence-corrected chi connectivity index (χ4v) is 2.73. The number of carbonyl (C=O) groups excluding carboxylic acids is 1. The molecule has 0 unspecified atom stereocenters. The first kappa shape index (κ1) is 14.3. The Labute approximate surface area is 113 Å². The van der Waals surface area contributed by atoms with Gasteiger partial charge in [-0.15, -0.1) is 0 Å². The first-order valence-corrected chi connectivity index (χ1v) is 7.26. The molecule has 0 fully saturated rings. The summed E-state index contributed by atoms with van der Waals surface area (Å²) in [5, 5.41) is 11.0. The van der Waals surface area contributed by atoms with Gasteiger partial charge in [-0.3, -0.25) is 14.3 Å². The molecular weight excluding hydrogens is 291 g/mol. The summed E-state index contributed by atoms with van der Waals surface area (Å²) in [7, 11) is -4.20. The van der Waals surface area contributed by atoms with Crippen LogP contribution < -0.4 is 10.0 Å². The maximum atomic E-state index is 13.8. The van der Waals surface area contributed by atoms with Crippen molar-refractivity contribution in [3.63, 3.8) is 0 Å². The molecule has 1 aromatic carbocycles. The van der Waals surface area contributed by atoms with E-state index in [4.69, 9.17) is 5.11 Å². The zero-order valence-corrected chi connectivity index (χ0v) is 11.0. The van der Waals surface area contributed by atoms with Crippen LogP contribution >= 0.6 is 0 Å². The second-order valence-corrected chi connectivity index (χ2v) is 6.01. The van der Waals surface area contributed by atoms with Crippen LogP contribution in [0.15, 0.2) is 12.1 Å². The first-order chi connectivity index (χ1) is 9.27. The van der Waals surface area contributed by atoms with Gasteiger partial charge in [-0.2, -0.15) is 0 Å². The Morgan fingerprint density at radius 1 is 1.40 bits per heavy atom. The third-order valence-corrected chi connectivity index (χ3v) is 3.83. The number of aryl methyl sites for hydroxylation is 1. The summed E-state index contributed by atoms with van der Waals surface area (Å²) in [6, 6.07) is 2.26. The SMILES string of the molecule is O=C(O)CS(=O)(=O)Nc1cc2c(cc1F)CCC(=O)N2. The number of rotatable bonds is 4. The first-order valence-electron chi connectivity index (χ1n) is 5.61. The zero-order valence-electron chi connectivity index (χ0n) is 10.1. The van der Waals surface area contributed by atoms with Crippen molar-refractivity contribution in [1.82, 2.24) is 0 Å². The average molecular weight is 302 g/mol. The number of aliphatic carboxylic acids is 1. The number of hydrogen-bond acceptors (Lipinski definition) is 4. The molecule has 1 aromatic rings. The molecule has 0 radical (unpaired) electrons. The molecule has 0 spiro atoms. The highest BCUT2D eigenvalue weighted by molar-refractivity contribution is 7.93. The number of sulfonamides is 1. The fourth-order valence-electron chi connectivity index (χ4n) is 1.84. The lowest BCUT2D eigenvalue weighted by molar-refractivity contribution is -0.134.